The molecule has 0 bridgehead atoms. The summed E-state index contributed by atoms with van der Waals surface area (Å²) in [5.74, 6) is 0.593. The first-order chi connectivity index (χ1) is 15.7. The van der Waals surface area contributed by atoms with Gasteiger partial charge in [-0.1, -0.05) is 6.07 Å². The third kappa shape index (κ3) is 4.64. The average Bonchev–Trinajstić information content (AvgIpc) is 3.26. The van der Waals surface area contributed by atoms with E-state index in [1.54, 1.807) is 12.4 Å². The minimum atomic E-state index is -0.0247. The van der Waals surface area contributed by atoms with Gasteiger partial charge in [-0.05, 0) is 23.8 Å². The minimum absolute atomic E-state index is 0.0247. The van der Waals surface area contributed by atoms with E-state index in [9.17, 15) is 5.26 Å². The van der Waals surface area contributed by atoms with Gasteiger partial charge >= 0.3 is 0 Å². The molecule has 1 aliphatic heterocycles. The van der Waals surface area contributed by atoms with Gasteiger partial charge in [-0.15, -0.1) is 0 Å². The minimum Gasteiger partial charge on any atom is -0.489 e. The number of nitriles is 1. The number of hydrogen-bond donors (Lipinski definition) is 3. The highest BCUT2D eigenvalue weighted by Gasteiger charge is 2.18. The average molecular weight is 431 g/mol. The lowest BCUT2D eigenvalue weighted by Gasteiger charge is -2.23. The van der Waals surface area contributed by atoms with E-state index in [2.05, 4.69) is 21.0 Å². The van der Waals surface area contributed by atoms with Crippen LogP contribution in [0, 0.1) is 11.3 Å². The topological polar surface area (TPSA) is 130 Å². The Morgan fingerprint density at radius 1 is 1.38 bits per heavy atom. The quantitative estimate of drug-likeness (QED) is 0.493. The number of pyridine rings is 1. The molecule has 4 N–H and O–H groups in total. The zero-order valence-corrected chi connectivity index (χ0v) is 17.6. The maximum absolute atomic E-state index is 9.71. The molecule has 0 unspecified atom stereocenters. The number of rotatable bonds is 7. The third-order valence-corrected chi connectivity index (χ3v) is 5.38. The molecule has 1 aromatic carbocycles. The van der Waals surface area contributed by atoms with Crippen LogP contribution in [0.1, 0.15) is 24.0 Å². The van der Waals surface area contributed by atoms with Gasteiger partial charge in [0.15, 0.2) is 0 Å². The van der Waals surface area contributed by atoms with E-state index in [4.69, 9.17) is 20.3 Å². The van der Waals surface area contributed by atoms with Crippen molar-refractivity contribution in [1.29, 1.82) is 5.26 Å². The molecular weight excluding hydrogens is 406 g/mol. The van der Waals surface area contributed by atoms with Gasteiger partial charge in [0.1, 0.15) is 23.6 Å². The smallest absolute Gasteiger partial charge is 0.137 e. The molecule has 2 aromatic heterocycles. The number of aromatic nitrogens is 2. The molecule has 0 atom stereocenters. The number of allylic oxidation sites excluding steroid dienone is 1. The van der Waals surface area contributed by atoms with E-state index in [1.165, 1.54) is 6.20 Å². The van der Waals surface area contributed by atoms with Crippen LogP contribution >= 0.6 is 0 Å². The monoisotopic (exact) mass is 431 g/mol. The summed E-state index contributed by atoms with van der Waals surface area (Å²) in [6.07, 6.45) is 8.40. The second kappa shape index (κ2) is 10.1. The third-order valence-electron chi connectivity index (χ3n) is 5.38. The number of fused-ring (bicyclic) bond motifs is 1. The van der Waals surface area contributed by atoms with Crippen molar-refractivity contribution >= 4 is 22.8 Å². The molecule has 0 aliphatic carbocycles. The summed E-state index contributed by atoms with van der Waals surface area (Å²) in [5, 5.41) is 19.5. The Balaban J connectivity index is 1.66. The Labute approximate surface area is 186 Å². The number of ether oxygens (including phenoxy) is 2. The van der Waals surface area contributed by atoms with E-state index in [1.807, 2.05) is 30.5 Å². The normalized spacial score (nSPS) is 15.3. The molecule has 0 amide bonds. The van der Waals surface area contributed by atoms with Crippen LogP contribution in [0.5, 0.6) is 5.75 Å². The highest BCUT2D eigenvalue weighted by Crippen LogP contribution is 2.33. The highest BCUT2D eigenvalue weighted by molar-refractivity contribution is 6.10. The van der Waals surface area contributed by atoms with Crippen molar-refractivity contribution in [1.82, 2.24) is 9.97 Å². The van der Waals surface area contributed by atoms with Gasteiger partial charge in [-0.2, -0.15) is 5.26 Å². The molecule has 1 saturated heterocycles. The molecule has 0 radical (unpaired) electrons. The maximum atomic E-state index is 9.71. The Bertz CT molecular complexity index is 1190. The number of hydrogen-bond acceptors (Lipinski definition) is 7. The van der Waals surface area contributed by atoms with Gasteiger partial charge in [-0.3, -0.25) is 4.99 Å². The predicted octanol–water partition coefficient (Wildman–Crippen LogP) is 3.02. The van der Waals surface area contributed by atoms with Gasteiger partial charge in [-0.25, -0.2) is 4.98 Å². The van der Waals surface area contributed by atoms with Gasteiger partial charge in [0.05, 0.1) is 31.9 Å². The molecule has 4 rings (SSSR count). The maximum Gasteiger partial charge on any atom is 0.137 e. The van der Waals surface area contributed by atoms with Crippen molar-refractivity contribution in [3.63, 3.8) is 0 Å². The SMILES string of the molecule is N#Cc1cc(-c2c[nH]c3ncc(/C(C=NCCO)=C/N)cc23)ccc1OC1CCOCC1. The summed E-state index contributed by atoms with van der Waals surface area (Å²) in [4.78, 5) is 11.8. The van der Waals surface area contributed by atoms with Crippen LogP contribution < -0.4 is 10.5 Å². The second-order valence-corrected chi connectivity index (χ2v) is 7.46. The first-order valence-corrected chi connectivity index (χ1v) is 10.5. The predicted molar refractivity (Wildman–Crippen MR) is 123 cm³/mol. The van der Waals surface area contributed by atoms with Gasteiger partial charge in [0.25, 0.3) is 0 Å². The Hall–Kier alpha value is -3.67. The first-order valence-electron chi connectivity index (χ1n) is 10.5. The molecule has 32 heavy (non-hydrogen) atoms. The summed E-state index contributed by atoms with van der Waals surface area (Å²) >= 11 is 0. The van der Waals surface area contributed by atoms with E-state index in [0.29, 0.717) is 36.6 Å². The second-order valence-electron chi connectivity index (χ2n) is 7.46. The van der Waals surface area contributed by atoms with Gasteiger partial charge in [0.2, 0.25) is 0 Å². The van der Waals surface area contributed by atoms with Crippen LogP contribution in [0.2, 0.25) is 0 Å². The molecule has 164 valence electrons. The number of aliphatic imine (C=N–C) groups is 1. The standard InChI is InChI=1S/C24H25N5O3/c25-11-17-9-16(1-2-23(17)32-20-3-7-31-8-4-20)22-15-29-24-21(22)10-18(14-28-24)19(12-26)13-27-5-6-30/h1-2,9-10,12-15,20,30H,3-8,26H2,(H,28,29)/b19-12+,27-13?. The molecule has 3 heterocycles. The first kappa shape index (κ1) is 21.6. The van der Waals surface area contributed by atoms with Crippen molar-refractivity contribution in [2.75, 3.05) is 26.4 Å². The number of benzene rings is 1. The molecule has 1 fully saturated rings. The van der Waals surface area contributed by atoms with Crippen molar-refractivity contribution in [2.24, 2.45) is 10.7 Å². The number of nitrogens with zero attached hydrogens (tertiary/aromatic N) is 3. The fraction of sp³-hybridized carbons (Fsp3) is 0.292. The highest BCUT2D eigenvalue weighted by atomic mass is 16.5. The number of nitrogens with one attached hydrogen (secondary N) is 1. The number of aliphatic hydroxyl groups is 1. The van der Waals surface area contributed by atoms with E-state index < -0.39 is 0 Å². The van der Waals surface area contributed by atoms with E-state index in [0.717, 1.165) is 40.6 Å². The molecule has 8 heteroatoms. The Morgan fingerprint density at radius 3 is 2.97 bits per heavy atom. The molecule has 1 aliphatic rings. The zero-order chi connectivity index (χ0) is 22.3. The fourth-order valence-corrected chi connectivity index (χ4v) is 3.70. The van der Waals surface area contributed by atoms with Crippen molar-refractivity contribution in [3.05, 3.63) is 54.0 Å². The van der Waals surface area contributed by atoms with Crippen molar-refractivity contribution < 1.29 is 14.6 Å². The van der Waals surface area contributed by atoms with Crippen LogP contribution in [0.4, 0.5) is 0 Å². The van der Waals surface area contributed by atoms with E-state index >= 15 is 0 Å². The lowest BCUT2D eigenvalue weighted by atomic mass is 10.0. The summed E-state index contributed by atoms with van der Waals surface area (Å²) < 4.78 is 11.5. The zero-order valence-electron chi connectivity index (χ0n) is 17.6. The Kier molecular flexibility index (Phi) is 6.80. The summed E-state index contributed by atoms with van der Waals surface area (Å²) in [6.45, 7) is 1.64. The van der Waals surface area contributed by atoms with Crippen LogP contribution in [-0.4, -0.2) is 53.8 Å². The Morgan fingerprint density at radius 2 is 2.22 bits per heavy atom. The lowest BCUT2D eigenvalue weighted by Crippen LogP contribution is -2.26. The molecular formula is C24H25N5O3. The summed E-state index contributed by atoms with van der Waals surface area (Å²) in [5.41, 5.74) is 10.3. The lowest BCUT2D eigenvalue weighted by molar-refractivity contribution is 0.0254. The number of nitrogens with two attached hydrogens (primary N) is 1. The van der Waals surface area contributed by atoms with Crippen LogP contribution in [0.3, 0.4) is 0 Å². The molecule has 0 saturated carbocycles. The number of aromatic amines is 1. The molecule has 3 aromatic rings. The van der Waals surface area contributed by atoms with E-state index in [-0.39, 0.29) is 12.7 Å². The molecule has 8 nitrogen and oxygen atoms in total. The fourth-order valence-electron chi connectivity index (χ4n) is 3.70. The number of H-pyrrole nitrogens is 1. The van der Waals surface area contributed by atoms with Crippen LogP contribution in [-0.2, 0) is 4.74 Å². The van der Waals surface area contributed by atoms with Crippen LogP contribution in [0.25, 0.3) is 27.7 Å². The largest absolute Gasteiger partial charge is 0.489 e. The van der Waals surface area contributed by atoms with Crippen LogP contribution in [0.15, 0.2) is 47.9 Å². The summed E-state index contributed by atoms with van der Waals surface area (Å²) in [6, 6.07) is 9.88. The molecule has 0 spiro atoms. The van der Waals surface area contributed by atoms with Gasteiger partial charge < -0.3 is 25.3 Å². The van der Waals surface area contributed by atoms with Gasteiger partial charge in [0, 0.05) is 59.7 Å². The van der Waals surface area contributed by atoms with Crippen molar-refractivity contribution in [3.8, 4) is 22.9 Å². The summed E-state index contributed by atoms with van der Waals surface area (Å²) in [7, 11) is 0. The number of aliphatic hydroxyl groups excluding tert-OH is 1. The van der Waals surface area contributed by atoms with Crippen molar-refractivity contribution in [2.45, 2.75) is 18.9 Å².